The van der Waals surface area contributed by atoms with E-state index in [4.69, 9.17) is 9.73 Å². The molecule has 0 spiro atoms. The summed E-state index contributed by atoms with van der Waals surface area (Å²) >= 11 is 0. The number of nitrogens with one attached hydrogen (secondary N) is 1. The lowest BCUT2D eigenvalue weighted by molar-refractivity contribution is 0.0377. The van der Waals surface area contributed by atoms with Gasteiger partial charge in [-0.25, -0.2) is 0 Å². The Morgan fingerprint density at radius 3 is 2.72 bits per heavy atom. The van der Waals surface area contributed by atoms with Crippen LogP contribution in [-0.2, 0) is 17.7 Å². The van der Waals surface area contributed by atoms with Crippen molar-refractivity contribution in [1.29, 1.82) is 0 Å². The Morgan fingerprint density at radius 1 is 1.24 bits per heavy atom. The Kier molecular flexibility index (Phi) is 11.2. The molecule has 0 unspecified atom stereocenters. The summed E-state index contributed by atoms with van der Waals surface area (Å²) in [4.78, 5) is 9.59. The first kappa shape index (κ1) is 24.3. The van der Waals surface area contributed by atoms with Gasteiger partial charge in [-0.2, -0.15) is 0 Å². The fourth-order valence-electron chi connectivity index (χ4n) is 3.68. The van der Waals surface area contributed by atoms with Crippen LogP contribution < -0.4 is 5.32 Å². The molecule has 0 amide bonds. The Morgan fingerprint density at radius 2 is 2.00 bits per heavy atom. The molecule has 3 heterocycles. The zero-order chi connectivity index (χ0) is 19.6. The fourth-order valence-corrected chi connectivity index (χ4v) is 3.68. The summed E-state index contributed by atoms with van der Waals surface area (Å²) in [6.45, 7) is 11.0. The number of aryl methyl sites for hydroxylation is 1. The molecule has 9 nitrogen and oxygen atoms in total. The summed E-state index contributed by atoms with van der Waals surface area (Å²) < 4.78 is 7.49. The monoisotopic (exact) mass is 521 g/mol. The topological polar surface area (TPSA) is 91.0 Å². The smallest absolute Gasteiger partial charge is 0.193 e. The minimum Gasteiger partial charge on any atom is -0.393 e. The lowest BCUT2D eigenvalue weighted by atomic mass is 10.1. The lowest BCUT2D eigenvalue weighted by Crippen LogP contribution is -2.47. The molecule has 2 aliphatic rings. The molecule has 1 aromatic heterocycles. The molecular formula is C19H36IN7O2. The number of aliphatic imine (C=N–C) groups is 1. The quantitative estimate of drug-likeness (QED) is 0.224. The van der Waals surface area contributed by atoms with Gasteiger partial charge in [-0.1, -0.05) is 6.92 Å². The minimum atomic E-state index is -0.178. The van der Waals surface area contributed by atoms with E-state index in [-0.39, 0.29) is 30.1 Å². The van der Waals surface area contributed by atoms with Gasteiger partial charge in [-0.15, -0.1) is 34.2 Å². The van der Waals surface area contributed by atoms with E-state index in [1.807, 2.05) is 0 Å². The average molecular weight is 521 g/mol. The van der Waals surface area contributed by atoms with Crippen molar-refractivity contribution in [3.05, 3.63) is 12.2 Å². The van der Waals surface area contributed by atoms with Crippen LogP contribution >= 0.6 is 24.0 Å². The molecule has 166 valence electrons. The zero-order valence-corrected chi connectivity index (χ0v) is 19.8. The Bertz CT molecular complexity index is 599. The van der Waals surface area contributed by atoms with E-state index in [0.717, 1.165) is 103 Å². The van der Waals surface area contributed by atoms with Crippen LogP contribution in [0.1, 0.15) is 32.0 Å². The third kappa shape index (κ3) is 7.99. The van der Waals surface area contributed by atoms with Gasteiger partial charge in [-0.3, -0.25) is 9.89 Å². The van der Waals surface area contributed by atoms with Gasteiger partial charge in [0.25, 0.3) is 0 Å². The van der Waals surface area contributed by atoms with Crippen molar-refractivity contribution < 1.29 is 9.84 Å². The van der Waals surface area contributed by atoms with Crippen LogP contribution in [0.3, 0.4) is 0 Å². The molecule has 0 aliphatic carbocycles. The molecule has 3 rings (SSSR count). The maximum absolute atomic E-state index is 9.81. The van der Waals surface area contributed by atoms with Gasteiger partial charge in [0.15, 0.2) is 5.96 Å². The minimum absolute atomic E-state index is 0. The van der Waals surface area contributed by atoms with Crippen molar-refractivity contribution in [2.24, 2.45) is 4.99 Å². The standard InChI is InChI=1S/C19H35N7O2.HI/c1-2-18-23-22-16-26(18)11-7-21-19(25-9-4-17(27)5-10-25)20-6-3-8-24-12-14-28-15-13-24;/h16-17,27H,2-15H2,1H3,(H,20,21);1H. The third-order valence-corrected chi connectivity index (χ3v) is 5.41. The number of ether oxygens (including phenoxy) is 1. The number of nitrogens with zero attached hydrogens (tertiary/aromatic N) is 6. The maximum Gasteiger partial charge on any atom is 0.193 e. The summed E-state index contributed by atoms with van der Waals surface area (Å²) in [6.07, 6.45) is 5.15. The number of morpholine rings is 1. The predicted octanol–water partition coefficient (Wildman–Crippen LogP) is 0.583. The molecule has 0 saturated carbocycles. The van der Waals surface area contributed by atoms with Crippen LogP contribution in [0.25, 0.3) is 0 Å². The number of aliphatic hydroxyl groups is 1. The van der Waals surface area contributed by atoms with Crippen molar-refractivity contribution in [3.8, 4) is 0 Å². The van der Waals surface area contributed by atoms with E-state index in [1.165, 1.54) is 0 Å². The van der Waals surface area contributed by atoms with E-state index in [1.54, 1.807) is 6.33 Å². The van der Waals surface area contributed by atoms with Gasteiger partial charge in [0.05, 0.1) is 19.3 Å². The van der Waals surface area contributed by atoms with Gasteiger partial charge in [0, 0.05) is 58.8 Å². The van der Waals surface area contributed by atoms with E-state index in [0.29, 0.717) is 0 Å². The van der Waals surface area contributed by atoms with Gasteiger partial charge in [-0.05, 0) is 19.3 Å². The maximum atomic E-state index is 9.81. The van der Waals surface area contributed by atoms with Crippen LogP contribution in [0.15, 0.2) is 11.3 Å². The number of guanidine groups is 1. The highest BCUT2D eigenvalue weighted by Gasteiger charge is 2.20. The van der Waals surface area contributed by atoms with Gasteiger partial charge in [0.1, 0.15) is 12.2 Å². The molecule has 29 heavy (non-hydrogen) atoms. The predicted molar refractivity (Wildman–Crippen MR) is 124 cm³/mol. The SMILES string of the molecule is CCc1nncn1CCNC(=NCCCN1CCOCC1)N1CCC(O)CC1.I. The van der Waals surface area contributed by atoms with Crippen molar-refractivity contribution >= 4 is 29.9 Å². The van der Waals surface area contributed by atoms with E-state index < -0.39 is 0 Å². The molecule has 10 heteroatoms. The number of likely N-dealkylation sites (tertiary alicyclic amines) is 1. The van der Waals surface area contributed by atoms with Crippen LogP contribution in [-0.4, -0.2) is 101 Å². The lowest BCUT2D eigenvalue weighted by Gasteiger charge is -2.32. The highest BCUT2D eigenvalue weighted by Crippen LogP contribution is 2.10. The van der Waals surface area contributed by atoms with E-state index in [9.17, 15) is 5.11 Å². The van der Waals surface area contributed by atoms with Crippen LogP contribution in [0.4, 0.5) is 0 Å². The summed E-state index contributed by atoms with van der Waals surface area (Å²) in [5.41, 5.74) is 0. The second kappa shape index (κ2) is 13.3. The Hall–Kier alpha value is -0.980. The van der Waals surface area contributed by atoms with Crippen molar-refractivity contribution in [1.82, 2.24) is 29.9 Å². The molecule has 1 aromatic rings. The number of aliphatic hydroxyl groups excluding tert-OH is 1. The summed E-state index contributed by atoms with van der Waals surface area (Å²) in [7, 11) is 0. The molecule has 2 saturated heterocycles. The summed E-state index contributed by atoms with van der Waals surface area (Å²) in [6, 6.07) is 0. The number of aromatic nitrogens is 3. The first-order valence-corrected chi connectivity index (χ1v) is 10.6. The highest BCUT2D eigenvalue weighted by molar-refractivity contribution is 14.0. The van der Waals surface area contributed by atoms with Crippen molar-refractivity contribution in [3.63, 3.8) is 0 Å². The fraction of sp³-hybridized carbons (Fsp3) is 0.842. The molecule has 2 fully saturated rings. The highest BCUT2D eigenvalue weighted by atomic mass is 127. The number of hydrogen-bond donors (Lipinski definition) is 2. The molecule has 0 aromatic carbocycles. The van der Waals surface area contributed by atoms with Crippen LogP contribution in [0.2, 0.25) is 0 Å². The third-order valence-electron chi connectivity index (χ3n) is 5.41. The van der Waals surface area contributed by atoms with Crippen LogP contribution in [0, 0.1) is 0 Å². The molecule has 0 atom stereocenters. The first-order valence-electron chi connectivity index (χ1n) is 10.6. The van der Waals surface area contributed by atoms with Crippen molar-refractivity contribution in [2.75, 3.05) is 59.0 Å². The largest absolute Gasteiger partial charge is 0.393 e. The zero-order valence-electron chi connectivity index (χ0n) is 17.5. The Labute approximate surface area is 190 Å². The number of piperidine rings is 1. The van der Waals surface area contributed by atoms with Crippen molar-refractivity contribution in [2.45, 2.75) is 45.3 Å². The Balaban J connectivity index is 0.00000300. The molecule has 0 radical (unpaired) electrons. The first-order chi connectivity index (χ1) is 13.8. The van der Waals surface area contributed by atoms with E-state index >= 15 is 0 Å². The van der Waals surface area contributed by atoms with Gasteiger partial charge in [0.2, 0.25) is 0 Å². The van der Waals surface area contributed by atoms with E-state index in [2.05, 4.69) is 36.8 Å². The number of halogens is 1. The molecule has 0 bridgehead atoms. The summed E-state index contributed by atoms with van der Waals surface area (Å²) in [5.74, 6) is 1.96. The second-order valence-electron chi connectivity index (χ2n) is 7.45. The normalized spacial score (nSPS) is 19.2. The van der Waals surface area contributed by atoms with Crippen LogP contribution in [0.5, 0.6) is 0 Å². The average Bonchev–Trinajstić information content (AvgIpc) is 3.19. The summed E-state index contributed by atoms with van der Waals surface area (Å²) in [5, 5.41) is 21.5. The second-order valence-corrected chi connectivity index (χ2v) is 7.45. The molecule has 2 aliphatic heterocycles. The molecular weight excluding hydrogens is 485 g/mol. The number of hydrogen-bond acceptors (Lipinski definition) is 6. The molecule has 2 N–H and O–H groups in total. The van der Waals surface area contributed by atoms with Gasteiger partial charge < -0.3 is 24.6 Å². The van der Waals surface area contributed by atoms with Gasteiger partial charge >= 0.3 is 0 Å². The number of rotatable bonds is 8.